The number of nitrogens with zero attached hydrogens (tertiary/aromatic N) is 1. The Labute approximate surface area is 112 Å². The van der Waals surface area contributed by atoms with Gasteiger partial charge in [0.2, 0.25) is 0 Å². The maximum atomic E-state index is 11.9. The van der Waals surface area contributed by atoms with E-state index in [0.717, 1.165) is 0 Å². The van der Waals surface area contributed by atoms with Crippen LogP contribution in [0, 0.1) is 5.92 Å². The van der Waals surface area contributed by atoms with Gasteiger partial charge in [-0.2, -0.15) is 0 Å². The number of rotatable bonds is 3. The van der Waals surface area contributed by atoms with Crippen molar-refractivity contribution in [2.45, 2.75) is 12.5 Å². The Bertz CT molecular complexity index is 516. The zero-order valence-electron chi connectivity index (χ0n) is 9.34. The Balaban J connectivity index is 2.00. The molecule has 0 radical (unpaired) electrons. The molecule has 1 aliphatic carbocycles. The average molecular weight is 311 g/mol. The molecule has 5 nitrogen and oxygen atoms in total. The summed E-state index contributed by atoms with van der Waals surface area (Å²) in [5, 5.41) is 11.6. The van der Waals surface area contributed by atoms with Crippen molar-refractivity contribution in [3.63, 3.8) is 0 Å². The fourth-order valence-electron chi connectivity index (χ4n) is 1.79. The standard InChI is InChI=1S/C12H11BrN2O3/c13-10-9(2-1-5-14-10)11(16)15-8-4-3-7(6-8)12(17)18/h1-5,7-8H,6H2,(H,15,16)(H,17,18). The summed E-state index contributed by atoms with van der Waals surface area (Å²) in [4.78, 5) is 26.7. The van der Waals surface area contributed by atoms with E-state index in [4.69, 9.17) is 5.11 Å². The monoisotopic (exact) mass is 310 g/mol. The van der Waals surface area contributed by atoms with Crippen LogP contribution >= 0.6 is 15.9 Å². The van der Waals surface area contributed by atoms with Gasteiger partial charge < -0.3 is 10.4 Å². The molecule has 0 saturated heterocycles. The van der Waals surface area contributed by atoms with Crippen LogP contribution in [0.15, 0.2) is 35.1 Å². The second kappa shape index (κ2) is 5.30. The van der Waals surface area contributed by atoms with E-state index in [1.807, 2.05) is 0 Å². The number of pyridine rings is 1. The van der Waals surface area contributed by atoms with Crippen molar-refractivity contribution in [2.75, 3.05) is 0 Å². The largest absolute Gasteiger partial charge is 0.481 e. The van der Waals surface area contributed by atoms with Crippen molar-refractivity contribution >= 4 is 27.8 Å². The molecule has 6 heteroatoms. The SMILES string of the molecule is O=C(NC1C=CC(C(=O)O)C1)c1cccnc1Br. The lowest BCUT2D eigenvalue weighted by Gasteiger charge is -2.12. The highest BCUT2D eigenvalue weighted by atomic mass is 79.9. The highest BCUT2D eigenvalue weighted by molar-refractivity contribution is 9.10. The summed E-state index contributed by atoms with van der Waals surface area (Å²) in [6, 6.07) is 3.08. The molecule has 1 amide bonds. The van der Waals surface area contributed by atoms with Gasteiger partial charge in [0.15, 0.2) is 0 Å². The number of aliphatic carboxylic acids is 1. The average Bonchev–Trinajstić information content (AvgIpc) is 2.78. The lowest BCUT2D eigenvalue weighted by Crippen LogP contribution is -2.33. The van der Waals surface area contributed by atoms with Gasteiger partial charge in [-0.1, -0.05) is 12.2 Å². The minimum atomic E-state index is -0.870. The third-order valence-corrected chi connectivity index (χ3v) is 3.35. The molecule has 94 valence electrons. The van der Waals surface area contributed by atoms with Gasteiger partial charge in [0, 0.05) is 12.2 Å². The summed E-state index contributed by atoms with van der Waals surface area (Å²) in [5.41, 5.74) is 0.435. The maximum absolute atomic E-state index is 11.9. The van der Waals surface area contributed by atoms with Crippen LogP contribution in [-0.2, 0) is 4.79 Å². The summed E-state index contributed by atoms with van der Waals surface area (Å²) in [5.74, 6) is -1.66. The first-order chi connectivity index (χ1) is 8.58. The topological polar surface area (TPSA) is 79.3 Å². The van der Waals surface area contributed by atoms with Crippen molar-refractivity contribution in [1.82, 2.24) is 10.3 Å². The molecule has 0 aromatic carbocycles. The van der Waals surface area contributed by atoms with Gasteiger partial charge in [0.1, 0.15) is 4.60 Å². The van der Waals surface area contributed by atoms with Crippen molar-refractivity contribution in [3.05, 3.63) is 40.6 Å². The van der Waals surface area contributed by atoms with Gasteiger partial charge in [-0.05, 0) is 34.5 Å². The summed E-state index contributed by atoms with van der Waals surface area (Å²) in [7, 11) is 0. The van der Waals surface area contributed by atoms with Crippen molar-refractivity contribution in [2.24, 2.45) is 5.92 Å². The quantitative estimate of drug-likeness (QED) is 0.656. The van der Waals surface area contributed by atoms with Gasteiger partial charge in [-0.25, -0.2) is 4.98 Å². The first-order valence-electron chi connectivity index (χ1n) is 5.40. The van der Waals surface area contributed by atoms with E-state index >= 15 is 0 Å². The molecule has 0 bridgehead atoms. The molecule has 18 heavy (non-hydrogen) atoms. The number of hydrogen-bond donors (Lipinski definition) is 2. The highest BCUT2D eigenvalue weighted by Gasteiger charge is 2.26. The summed E-state index contributed by atoms with van der Waals surface area (Å²) < 4.78 is 0.472. The van der Waals surface area contributed by atoms with E-state index in [1.54, 1.807) is 30.5 Å². The molecule has 0 spiro atoms. The predicted octanol–water partition coefficient (Wildman–Crippen LogP) is 1.60. The third-order valence-electron chi connectivity index (χ3n) is 2.72. The Morgan fingerprint density at radius 1 is 1.44 bits per heavy atom. The fraction of sp³-hybridized carbons (Fsp3) is 0.250. The predicted molar refractivity (Wildman–Crippen MR) is 68.1 cm³/mol. The summed E-state index contributed by atoms with van der Waals surface area (Å²) >= 11 is 3.20. The van der Waals surface area contributed by atoms with E-state index in [9.17, 15) is 9.59 Å². The lowest BCUT2D eigenvalue weighted by atomic mass is 10.1. The van der Waals surface area contributed by atoms with Crippen molar-refractivity contribution < 1.29 is 14.7 Å². The number of aromatic nitrogens is 1. The molecule has 0 aliphatic heterocycles. The van der Waals surface area contributed by atoms with E-state index < -0.39 is 11.9 Å². The van der Waals surface area contributed by atoms with Gasteiger partial charge in [-0.15, -0.1) is 0 Å². The van der Waals surface area contributed by atoms with Crippen molar-refractivity contribution in [3.8, 4) is 0 Å². The molecule has 2 rings (SSSR count). The van der Waals surface area contributed by atoms with Crippen LogP contribution < -0.4 is 5.32 Å². The normalized spacial score (nSPS) is 21.8. The zero-order valence-corrected chi connectivity index (χ0v) is 10.9. The lowest BCUT2D eigenvalue weighted by molar-refractivity contribution is -0.140. The van der Waals surface area contributed by atoms with E-state index in [1.165, 1.54) is 0 Å². The summed E-state index contributed by atoms with van der Waals surface area (Å²) in [6.45, 7) is 0. The number of hydrogen-bond acceptors (Lipinski definition) is 3. The minimum Gasteiger partial charge on any atom is -0.481 e. The van der Waals surface area contributed by atoms with Gasteiger partial charge in [0.25, 0.3) is 5.91 Å². The number of amides is 1. The first-order valence-corrected chi connectivity index (χ1v) is 6.19. The number of carbonyl (C=O) groups is 2. The Morgan fingerprint density at radius 3 is 2.83 bits per heavy atom. The summed E-state index contributed by atoms with van der Waals surface area (Å²) in [6.07, 6.45) is 5.28. The van der Waals surface area contributed by atoms with Crippen LogP contribution in [0.4, 0.5) is 0 Å². The minimum absolute atomic E-state index is 0.245. The first kappa shape index (κ1) is 12.8. The van der Waals surface area contributed by atoms with Crippen LogP contribution in [0.25, 0.3) is 0 Å². The molecule has 0 fully saturated rings. The van der Waals surface area contributed by atoms with Crippen LogP contribution in [0.5, 0.6) is 0 Å². The molecule has 1 heterocycles. The Morgan fingerprint density at radius 2 is 2.22 bits per heavy atom. The Hall–Kier alpha value is -1.69. The van der Waals surface area contributed by atoms with Gasteiger partial charge in [0.05, 0.1) is 11.5 Å². The van der Waals surface area contributed by atoms with Crippen LogP contribution in [0.1, 0.15) is 16.8 Å². The van der Waals surface area contributed by atoms with E-state index in [-0.39, 0.29) is 11.9 Å². The smallest absolute Gasteiger partial charge is 0.310 e. The number of carboxylic acid groups (broad SMARTS) is 1. The van der Waals surface area contributed by atoms with E-state index in [2.05, 4.69) is 26.2 Å². The second-order valence-electron chi connectivity index (χ2n) is 3.99. The van der Waals surface area contributed by atoms with Crippen LogP contribution in [-0.4, -0.2) is 28.0 Å². The molecule has 1 aliphatic rings. The molecule has 0 saturated carbocycles. The molecule has 1 aromatic heterocycles. The van der Waals surface area contributed by atoms with Crippen LogP contribution in [0.2, 0.25) is 0 Å². The Kier molecular flexibility index (Phi) is 3.76. The van der Waals surface area contributed by atoms with Crippen LogP contribution in [0.3, 0.4) is 0 Å². The highest BCUT2D eigenvalue weighted by Crippen LogP contribution is 2.19. The van der Waals surface area contributed by atoms with Gasteiger partial charge in [-0.3, -0.25) is 9.59 Å². The number of carboxylic acids is 1. The molecule has 2 atom stereocenters. The maximum Gasteiger partial charge on any atom is 0.310 e. The molecule has 2 unspecified atom stereocenters. The fourth-order valence-corrected chi connectivity index (χ4v) is 2.22. The number of carbonyl (C=O) groups excluding carboxylic acids is 1. The molecule has 2 N–H and O–H groups in total. The second-order valence-corrected chi connectivity index (χ2v) is 4.74. The molecule has 1 aromatic rings. The number of halogens is 1. The van der Waals surface area contributed by atoms with Crippen molar-refractivity contribution in [1.29, 1.82) is 0 Å². The molecular formula is C12H11BrN2O3. The van der Waals surface area contributed by atoms with Gasteiger partial charge >= 0.3 is 5.97 Å². The third kappa shape index (κ3) is 2.76. The van der Waals surface area contributed by atoms with E-state index in [0.29, 0.717) is 16.6 Å². The number of nitrogens with one attached hydrogen (secondary N) is 1. The molecular weight excluding hydrogens is 300 g/mol. The zero-order chi connectivity index (χ0) is 13.1.